The molecule has 62 heavy (non-hydrogen) atoms. The fourth-order valence-electron chi connectivity index (χ4n) is 11.6. The lowest BCUT2D eigenvalue weighted by Crippen LogP contribution is -2.83. The summed E-state index contributed by atoms with van der Waals surface area (Å²) in [6, 6.07) is 24.2. The molecule has 2 heterocycles. The summed E-state index contributed by atoms with van der Waals surface area (Å²) >= 11 is 0. The van der Waals surface area contributed by atoms with Gasteiger partial charge in [-0.05, 0) is 48.4 Å². The van der Waals surface area contributed by atoms with E-state index < -0.39 is 107 Å². The second-order valence-corrected chi connectivity index (χ2v) is 18.1. The molecule has 4 fully saturated rings. The first-order valence-electron chi connectivity index (χ1n) is 21.2. The van der Waals surface area contributed by atoms with Crippen LogP contribution in [0.3, 0.4) is 0 Å². The van der Waals surface area contributed by atoms with Crippen molar-refractivity contribution in [3.05, 3.63) is 131 Å². The Hall–Kier alpha value is -5.18. The molecule has 8 rings (SSSR count). The molecule has 13 heteroatoms. The van der Waals surface area contributed by atoms with Gasteiger partial charge in [0, 0.05) is 42.1 Å². The van der Waals surface area contributed by atoms with Gasteiger partial charge < -0.3 is 44.0 Å². The van der Waals surface area contributed by atoms with Crippen LogP contribution in [-0.4, -0.2) is 94.8 Å². The van der Waals surface area contributed by atoms with E-state index in [9.17, 15) is 29.4 Å². The molecule has 1 unspecified atom stereocenters. The van der Waals surface area contributed by atoms with Gasteiger partial charge in [-0.25, -0.2) is 9.59 Å². The summed E-state index contributed by atoms with van der Waals surface area (Å²) in [7, 11) is 0. The molecule has 3 N–H and O–H groups in total. The Bertz CT molecular complexity index is 2250. The molecule has 3 aliphatic carbocycles. The number of carbonyl (C=O) groups excluding carboxylic acids is 4. The van der Waals surface area contributed by atoms with Crippen molar-refractivity contribution in [2.75, 3.05) is 6.61 Å². The third kappa shape index (κ3) is 6.89. The van der Waals surface area contributed by atoms with Gasteiger partial charge in [0.25, 0.3) is 5.91 Å². The van der Waals surface area contributed by atoms with Crippen molar-refractivity contribution in [1.29, 1.82) is 0 Å². The minimum atomic E-state index is -2.04. The van der Waals surface area contributed by atoms with E-state index in [0.717, 1.165) is 0 Å². The lowest BCUT2D eigenvalue weighted by atomic mass is 9.43. The average Bonchev–Trinajstić information content (AvgIpc) is 3.25. The summed E-state index contributed by atoms with van der Waals surface area (Å²) in [5.74, 6) is -4.39. The number of amides is 1. The Morgan fingerprint density at radius 1 is 0.887 bits per heavy atom. The maximum absolute atomic E-state index is 14.4. The highest BCUT2D eigenvalue weighted by atomic mass is 16.7. The molecule has 3 aromatic rings. The molecule has 3 aromatic carbocycles. The predicted octanol–water partition coefficient (Wildman–Crippen LogP) is 5.81. The summed E-state index contributed by atoms with van der Waals surface area (Å²) in [5, 5.41) is 28.6. The van der Waals surface area contributed by atoms with Crippen LogP contribution in [0.2, 0.25) is 0 Å². The Balaban J connectivity index is 1.26. The third-order valence-electron chi connectivity index (χ3n) is 14.5. The number of ether oxygens (including phenoxy) is 6. The van der Waals surface area contributed by atoms with E-state index >= 15 is 0 Å². The number of carbonyl (C=O) groups is 4. The summed E-state index contributed by atoms with van der Waals surface area (Å²) in [6.07, 6.45) is -5.78. The second-order valence-electron chi connectivity index (χ2n) is 18.1. The Morgan fingerprint density at radius 2 is 1.50 bits per heavy atom. The molecule has 0 spiro atoms. The zero-order valence-electron chi connectivity index (χ0n) is 35.8. The zero-order chi connectivity index (χ0) is 44.4. The topological polar surface area (TPSA) is 176 Å². The van der Waals surface area contributed by atoms with E-state index in [0.29, 0.717) is 28.7 Å². The number of aliphatic hydroxyl groups excluding tert-OH is 1. The van der Waals surface area contributed by atoms with Gasteiger partial charge in [0.1, 0.15) is 23.9 Å². The van der Waals surface area contributed by atoms with E-state index in [4.69, 9.17) is 28.4 Å². The fraction of sp³-hybridized carbons (Fsp3) is 0.469. The Morgan fingerprint density at radius 3 is 2.08 bits per heavy atom. The molecule has 2 saturated heterocycles. The lowest BCUT2D eigenvalue weighted by Gasteiger charge is -2.71. The van der Waals surface area contributed by atoms with E-state index in [1.54, 1.807) is 97.1 Å². The van der Waals surface area contributed by atoms with Gasteiger partial charge in [-0.2, -0.15) is 0 Å². The van der Waals surface area contributed by atoms with E-state index in [1.165, 1.54) is 6.92 Å². The molecule has 2 bridgehead atoms. The molecular formula is C49H55NO12. The number of hydrogen-bond donors (Lipinski definition) is 3. The zero-order valence-corrected chi connectivity index (χ0v) is 35.8. The first-order chi connectivity index (χ1) is 29.5. The molecule has 2 saturated carbocycles. The summed E-state index contributed by atoms with van der Waals surface area (Å²) < 4.78 is 38.9. The lowest BCUT2D eigenvalue weighted by molar-refractivity contribution is -0.403. The highest BCUT2D eigenvalue weighted by Crippen LogP contribution is 2.68. The van der Waals surface area contributed by atoms with Crippen LogP contribution in [0.25, 0.3) is 0 Å². The highest BCUT2D eigenvalue weighted by molar-refractivity contribution is 5.95. The SMILES string of the molecule is C=CC1O[C@H]2C[C@H]3OC[C@@]3(OC(C)=O)[C@H]3[C@H](OC(=O)c4ccccc4)[C@]4(O)C[C@H](OC(=O)[C@H](O)[C@@H](NC(=O)c5ccccc5)c5ccccc5)C(C)=C([C@H](C)[C@H](O1)[C@]23C)C4(C)C. The molecule has 0 radical (unpaired) electrons. The fourth-order valence-corrected chi connectivity index (χ4v) is 11.6. The van der Waals surface area contributed by atoms with Crippen LogP contribution in [0, 0.1) is 22.7 Å². The minimum Gasteiger partial charge on any atom is -0.456 e. The van der Waals surface area contributed by atoms with Gasteiger partial charge in [-0.3, -0.25) is 9.59 Å². The van der Waals surface area contributed by atoms with Crippen molar-refractivity contribution in [3.63, 3.8) is 0 Å². The van der Waals surface area contributed by atoms with Gasteiger partial charge >= 0.3 is 17.9 Å². The first kappa shape index (κ1) is 43.5. The smallest absolute Gasteiger partial charge is 0.338 e. The number of esters is 3. The van der Waals surface area contributed by atoms with Crippen molar-refractivity contribution < 1.29 is 57.8 Å². The van der Waals surface area contributed by atoms with Crippen molar-refractivity contribution in [3.8, 4) is 0 Å². The number of hydrogen-bond acceptors (Lipinski definition) is 12. The quantitative estimate of drug-likeness (QED) is 0.127. The van der Waals surface area contributed by atoms with Crippen LogP contribution in [0.15, 0.2) is 115 Å². The van der Waals surface area contributed by atoms with Crippen molar-refractivity contribution >= 4 is 23.8 Å². The van der Waals surface area contributed by atoms with Crippen LogP contribution in [0.5, 0.6) is 0 Å². The van der Waals surface area contributed by atoms with Gasteiger partial charge in [0.2, 0.25) is 0 Å². The molecule has 5 aliphatic rings. The van der Waals surface area contributed by atoms with Gasteiger partial charge in [-0.15, -0.1) is 0 Å². The van der Waals surface area contributed by atoms with Gasteiger partial charge in [-0.1, -0.05) is 107 Å². The van der Waals surface area contributed by atoms with Crippen LogP contribution < -0.4 is 5.32 Å². The normalized spacial score (nSPS) is 35.2. The number of fused-ring (bicyclic) bond motifs is 4. The average molecular weight is 850 g/mol. The monoisotopic (exact) mass is 849 g/mol. The molecular weight excluding hydrogens is 795 g/mol. The summed E-state index contributed by atoms with van der Waals surface area (Å²) in [4.78, 5) is 55.5. The summed E-state index contributed by atoms with van der Waals surface area (Å²) in [6.45, 7) is 14.8. The standard InChI is InChI=1S/C49H55NO12/c1-8-36-59-34-24-35-48(26-57-35,62-29(4)51)40-42(61-44(54)32-22-16-11-17-23-32)49(56)25-33(27(2)37(46(49,5)6)28(3)41(60-36)47(34,40)7)58-45(55)39(52)38(30-18-12-9-13-19-30)50-43(53)31-20-14-10-15-21-31/h8-23,28,33-36,38-42,52,56H,1,24-26H2,2-7H3,(H,50,53)/t28-,33-,34-,35+,36?,38-,39+,40-,41-,42-,47+,48-,49+/m0/s1. The number of aliphatic hydroxyl groups is 2. The van der Waals surface area contributed by atoms with Crippen molar-refractivity contribution in [1.82, 2.24) is 5.32 Å². The van der Waals surface area contributed by atoms with E-state index in [1.807, 2.05) is 34.6 Å². The van der Waals surface area contributed by atoms with E-state index in [-0.39, 0.29) is 18.6 Å². The van der Waals surface area contributed by atoms with Crippen molar-refractivity contribution in [2.45, 2.75) is 115 Å². The number of nitrogens with one attached hydrogen (secondary N) is 1. The van der Waals surface area contributed by atoms with Crippen LogP contribution in [0.4, 0.5) is 0 Å². The third-order valence-corrected chi connectivity index (χ3v) is 14.5. The van der Waals surface area contributed by atoms with Gasteiger partial charge in [0.15, 0.2) is 18.0 Å². The largest absolute Gasteiger partial charge is 0.456 e. The van der Waals surface area contributed by atoms with Gasteiger partial charge in [0.05, 0.1) is 36.3 Å². The predicted molar refractivity (Wildman–Crippen MR) is 224 cm³/mol. The van der Waals surface area contributed by atoms with Crippen LogP contribution >= 0.6 is 0 Å². The maximum Gasteiger partial charge on any atom is 0.338 e. The number of rotatable bonds is 10. The van der Waals surface area contributed by atoms with Crippen LogP contribution in [-0.2, 0) is 38.0 Å². The molecule has 328 valence electrons. The first-order valence-corrected chi connectivity index (χ1v) is 21.2. The molecule has 1 amide bonds. The van der Waals surface area contributed by atoms with E-state index in [2.05, 4.69) is 11.9 Å². The molecule has 13 atom stereocenters. The van der Waals surface area contributed by atoms with Crippen LogP contribution in [0.1, 0.15) is 86.7 Å². The molecule has 2 aliphatic heterocycles. The number of benzene rings is 3. The summed E-state index contributed by atoms with van der Waals surface area (Å²) in [5.41, 5.74) is -3.43. The highest BCUT2D eigenvalue weighted by Gasteiger charge is 2.79. The Labute approximate surface area is 361 Å². The molecule has 0 aromatic heterocycles. The van der Waals surface area contributed by atoms with Crippen molar-refractivity contribution in [2.24, 2.45) is 22.7 Å². The maximum atomic E-state index is 14.4. The molecule has 13 nitrogen and oxygen atoms in total. The second kappa shape index (κ2) is 16.2. The minimum absolute atomic E-state index is 0.0476. The Kier molecular flexibility index (Phi) is 11.3.